The topological polar surface area (TPSA) is 12.0 Å². The Morgan fingerprint density at radius 2 is 2.17 bits per heavy atom. The smallest absolute Gasteiger partial charge is 0.0280 e. The van der Waals surface area contributed by atoms with Crippen LogP contribution in [0.5, 0.6) is 0 Å². The molecule has 0 fully saturated rings. The van der Waals surface area contributed by atoms with Gasteiger partial charge in [0.25, 0.3) is 0 Å². The molecule has 0 aliphatic rings. The molecule has 0 aromatic carbocycles. The van der Waals surface area contributed by atoms with E-state index in [0.717, 1.165) is 11.2 Å². The predicted molar refractivity (Wildman–Crippen MR) is 31.7 cm³/mol. The van der Waals surface area contributed by atoms with Gasteiger partial charge in [0, 0.05) is 17.2 Å². The van der Waals surface area contributed by atoms with Crippen LogP contribution in [-0.4, -0.2) is 6.04 Å². The van der Waals surface area contributed by atoms with E-state index in [2.05, 4.69) is 4.72 Å². The summed E-state index contributed by atoms with van der Waals surface area (Å²) in [6.07, 6.45) is 0. The normalized spacial score (nSPS) is 10.0. The summed E-state index contributed by atoms with van der Waals surface area (Å²) in [7, 11) is 5.20. The molecular formula is C3H8ClNS. The zero-order chi connectivity index (χ0) is 4.99. The minimum atomic E-state index is 0.479. The van der Waals surface area contributed by atoms with Crippen molar-refractivity contribution in [1.82, 2.24) is 4.72 Å². The van der Waals surface area contributed by atoms with Crippen molar-refractivity contribution in [3.05, 3.63) is 0 Å². The highest BCUT2D eigenvalue weighted by Gasteiger charge is 1.84. The Morgan fingerprint density at radius 3 is 2.17 bits per heavy atom. The molecule has 0 bridgehead atoms. The molecule has 1 N–H and O–H groups in total. The van der Waals surface area contributed by atoms with Gasteiger partial charge in [-0.05, 0) is 24.5 Å². The fraction of sp³-hybridized carbons (Fsp3) is 1.00. The Hall–Kier alpha value is 0.600. The molecule has 0 saturated heterocycles. The fourth-order valence-corrected chi connectivity index (χ4v) is 0.802. The van der Waals surface area contributed by atoms with Gasteiger partial charge in [-0.1, -0.05) is 0 Å². The van der Waals surface area contributed by atoms with Gasteiger partial charge in [-0.3, -0.25) is 0 Å². The van der Waals surface area contributed by atoms with E-state index >= 15 is 0 Å². The van der Waals surface area contributed by atoms with Gasteiger partial charge in [0.2, 0.25) is 0 Å². The molecule has 0 aliphatic carbocycles. The minimum Gasteiger partial charge on any atom is -0.248 e. The van der Waals surface area contributed by atoms with Crippen LogP contribution in [0.25, 0.3) is 0 Å². The van der Waals surface area contributed by atoms with Crippen molar-refractivity contribution < 1.29 is 0 Å². The zero-order valence-corrected chi connectivity index (χ0v) is 5.44. The lowest BCUT2D eigenvalue weighted by molar-refractivity contribution is 0.775. The Morgan fingerprint density at radius 1 is 1.67 bits per heavy atom. The Bertz CT molecular complexity index is 32.0. The summed E-state index contributed by atoms with van der Waals surface area (Å²) < 4.78 is 2.89. The molecule has 38 valence electrons. The molecule has 0 aromatic heterocycles. The maximum absolute atomic E-state index is 5.20. The van der Waals surface area contributed by atoms with Gasteiger partial charge >= 0.3 is 0 Å². The number of halogens is 1. The molecule has 0 saturated carbocycles. The van der Waals surface area contributed by atoms with E-state index in [1.165, 1.54) is 0 Å². The van der Waals surface area contributed by atoms with Crippen molar-refractivity contribution in [2.75, 3.05) is 0 Å². The first-order valence-electron chi connectivity index (χ1n) is 1.80. The van der Waals surface area contributed by atoms with Gasteiger partial charge in [0.1, 0.15) is 0 Å². The third-order valence-electron chi connectivity index (χ3n) is 0.280. The van der Waals surface area contributed by atoms with Crippen LogP contribution in [0.1, 0.15) is 13.8 Å². The van der Waals surface area contributed by atoms with E-state index in [0.29, 0.717) is 6.04 Å². The van der Waals surface area contributed by atoms with Gasteiger partial charge in [0.15, 0.2) is 0 Å². The average Bonchev–Trinajstić information content (AvgIpc) is 1.35. The third kappa shape index (κ3) is 4.60. The molecule has 3 heteroatoms. The minimum absolute atomic E-state index is 0.479. The molecule has 0 rings (SSSR count). The summed E-state index contributed by atoms with van der Waals surface area (Å²) >= 11 is 1.13. The van der Waals surface area contributed by atoms with E-state index in [9.17, 15) is 0 Å². The van der Waals surface area contributed by atoms with Crippen molar-refractivity contribution >= 4 is 21.8 Å². The molecule has 1 nitrogen and oxygen atoms in total. The number of hydrogen-bond acceptors (Lipinski definition) is 2. The molecule has 0 unspecified atom stereocenters. The summed E-state index contributed by atoms with van der Waals surface area (Å²) in [5, 5.41) is 0. The van der Waals surface area contributed by atoms with Crippen LogP contribution in [0.3, 0.4) is 0 Å². The van der Waals surface area contributed by atoms with Crippen molar-refractivity contribution in [2.45, 2.75) is 19.9 Å². The van der Waals surface area contributed by atoms with Crippen LogP contribution in [0.2, 0.25) is 0 Å². The summed E-state index contributed by atoms with van der Waals surface area (Å²) in [5.74, 6) is 0. The lowest BCUT2D eigenvalue weighted by atomic mass is 10.4. The first-order valence-corrected chi connectivity index (χ1v) is 3.44. The molecular weight excluding hydrogens is 118 g/mol. The largest absolute Gasteiger partial charge is 0.248 e. The summed E-state index contributed by atoms with van der Waals surface area (Å²) in [5.41, 5.74) is 0. The van der Waals surface area contributed by atoms with Crippen molar-refractivity contribution in [2.24, 2.45) is 0 Å². The van der Waals surface area contributed by atoms with Crippen LogP contribution in [0, 0.1) is 0 Å². The molecule has 0 aliphatic heterocycles. The van der Waals surface area contributed by atoms with Crippen LogP contribution in [0.15, 0.2) is 0 Å². The van der Waals surface area contributed by atoms with Gasteiger partial charge in [-0.25, -0.2) is 4.72 Å². The lowest BCUT2D eigenvalue weighted by Gasteiger charge is -1.97. The molecule has 0 radical (unpaired) electrons. The standard InChI is InChI=1S/C3H8ClNS/c1-3(2)5-6-4/h3,5H,1-2H3. The second kappa shape index (κ2) is 3.78. The monoisotopic (exact) mass is 125 g/mol. The quantitative estimate of drug-likeness (QED) is 0.565. The maximum atomic E-state index is 5.20. The summed E-state index contributed by atoms with van der Waals surface area (Å²) in [6.45, 7) is 4.07. The highest BCUT2D eigenvalue weighted by molar-refractivity contribution is 8.19. The van der Waals surface area contributed by atoms with Gasteiger partial charge < -0.3 is 0 Å². The number of nitrogens with one attached hydrogen (secondary N) is 1. The molecule has 0 aromatic rings. The van der Waals surface area contributed by atoms with E-state index in [1.807, 2.05) is 13.8 Å². The van der Waals surface area contributed by atoms with E-state index < -0.39 is 0 Å². The van der Waals surface area contributed by atoms with E-state index in [1.54, 1.807) is 0 Å². The zero-order valence-electron chi connectivity index (χ0n) is 3.86. The average molecular weight is 126 g/mol. The van der Waals surface area contributed by atoms with E-state index in [-0.39, 0.29) is 0 Å². The van der Waals surface area contributed by atoms with Crippen molar-refractivity contribution in [3.8, 4) is 0 Å². The number of rotatable bonds is 2. The van der Waals surface area contributed by atoms with Crippen LogP contribution >= 0.6 is 21.8 Å². The molecule has 6 heavy (non-hydrogen) atoms. The van der Waals surface area contributed by atoms with Crippen LogP contribution < -0.4 is 4.72 Å². The molecule has 0 spiro atoms. The lowest BCUT2D eigenvalue weighted by Crippen LogP contribution is -2.11. The first-order chi connectivity index (χ1) is 2.77. The van der Waals surface area contributed by atoms with Crippen molar-refractivity contribution in [1.29, 1.82) is 0 Å². The summed E-state index contributed by atoms with van der Waals surface area (Å²) in [4.78, 5) is 0. The van der Waals surface area contributed by atoms with Gasteiger partial charge in [0.05, 0.1) is 0 Å². The second-order valence-corrected chi connectivity index (χ2v) is 2.20. The Kier molecular flexibility index (Phi) is 4.16. The maximum Gasteiger partial charge on any atom is 0.0280 e. The number of hydrogen-bond donors (Lipinski definition) is 1. The summed E-state index contributed by atoms with van der Waals surface area (Å²) in [6, 6.07) is 0.479. The molecule has 0 atom stereocenters. The Labute approximate surface area is 47.1 Å². The molecule has 0 heterocycles. The predicted octanol–water partition coefficient (Wildman–Crippen LogP) is 1.79. The highest BCUT2D eigenvalue weighted by atomic mass is 35.7. The SMILES string of the molecule is CC(C)NSCl. The molecule has 0 amide bonds. The Balaban J connectivity index is 2.63. The van der Waals surface area contributed by atoms with Crippen molar-refractivity contribution in [3.63, 3.8) is 0 Å². The van der Waals surface area contributed by atoms with Gasteiger partial charge in [-0.15, -0.1) is 0 Å². The third-order valence-corrected chi connectivity index (χ3v) is 1.11. The second-order valence-electron chi connectivity index (χ2n) is 1.35. The highest BCUT2D eigenvalue weighted by Crippen LogP contribution is 1.98. The van der Waals surface area contributed by atoms with Crippen LogP contribution in [-0.2, 0) is 0 Å². The van der Waals surface area contributed by atoms with Crippen LogP contribution in [0.4, 0.5) is 0 Å². The van der Waals surface area contributed by atoms with Gasteiger partial charge in [-0.2, -0.15) is 0 Å². The fourth-order valence-electron chi connectivity index (χ4n) is 0.0891. The van der Waals surface area contributed by atoms with E-state index in [4.69, 9.17) is 10.7 Å². The first kappa shape index (κ1) is 6.60.